The van der Waals surface area contributed by atoms with Gasteiger partial charge in [0.25, 0.3) is 0 Å². The molecule has 0 radical (unpaired) electrons. The molecule has 0 aliphatic rings. The Kier molecular flexibility index (Phi) is 55.3. The van der Waals surface area contributed by atoms with Crippen LogP contribution in [0.15, 0.2) is 85.1 Å². The van der Waals surface area contributed by atoms with Crippen LogP contribution in [0.25, 0.3) is 0 Å². The zero-order chi connectivity index (χ0) is 55.5. The van der Waals surface area contributed by atoms with Crippen molar-refractivity contribution >= 4 is 25.7 Å². The van der Waals surface area contributed by atoms with Gasteiger partial charge in [0.05, 0.1) is 19.8 Å². The molecule has 0 aliphatic carbocycles. The maximum Gasteiger partial charge on any atom is 0.472 e. The molecule has 0 rings (SSSR count). The van der Waals surface area contributed by atoms with E-state index in [2.05, 4.69) is 106 Å². The maximum absolute atomic E-state index is 12.9. The highest BCUT2D eigenvalue weighted by atomic mass is 31.2. The molecule has 0 aromatic rings. The molecule has 0 fully saturated rings. The Morgan fingerprint density at radius 3 is 1.07 bits per heavy atom. The quantitative estimate of drug-likeness (QED) is 0.0197. The second-order valence-corrected chi connectivity index (χ2v) is 21.6. The van der Waals surface area contributed by atoms with Crippen LogP contribution in [0.4, 0.5) is 0 Å². The molecule has 0 saturated heterocycles. The van der Waals surface area contributed by atoms with E-state index in [0.717, 1.165) is 122 Å². The Morgan fingerprint density at radius 2 is 0.684 bits per heavy atom. The van der Waals surface area contributed by atoms with E-state index >= 15 is 0 Å². The van der Waals surface area contributed by atoms with Crippen LogP contribution >= 0.6 is 7.82 Å². The Balaban J connectivity index is 4.75. The molecule has 11 nitrogen and oxygen atoms in total. The Hall–Kier alpha value is -3.34. The van der Waals surface area contributed by atoms with Crippen molar-refractivity contribution in [2.45, 2.75) is 277 Å². The van der Waals surface area contributed by atoms with Gasteiger partial charge in [-0.05, 0) is 89.9 Å². The lowest BCUT2D eigenvalue weighted by atomic mass is 10.0. The van der Waals surface area contributed by atoms with Crippen molar-refractivity contribution in [3.05, 3.63) is 85.1 Å². The fourth-order valence-corrected chi connectivity index (χ4v) is 9.03. The molecule has 3 unspecified atom stereocenters. The van der Waals surface area contributed by atoms with E-state index in [1.165, 1.54) is 83.5 Å². The summed E-state index contributed by atoms with van der Waals surface area (Å²) in [5, 5.41) is 9.81. The minimum atomic E-state index is -4.76. The minimum Gasteiger partial charge on any atom is -0.462 e. The van der Waals surface area contributed by atoms with Crippen molar-refractivity contribution in [1.82, 2.24) is 0 Å². The van der Waals surface area contributed by atoms with Crippen LogP contribution in [0.5, 0.6) is 0 Å². The topological polar surface area (TPSA) is 155 Å². The second kappa shape index (κ2) is 57.8. The number of aliphatic hydroxyl groups excluding tert-OH is 1. The van der Waals surface area contributed by atoms with Crippen molar-refractivity contribution in [2.75, 3.05) is 26.4 Å². The number of hydrogen-bond acceptors (Lipinski definition) is 10. The molecule has 3 atom stereocenters. The maximum atomic E-state index is 12.9. The molecule has 0 aromatic carbocycles. The predicted octanol–water partition coefficient (Wildman–Crippen LogP) is 18.3. The number of rotatable bonds is 56. The van der Waals surface area contributed by atoms with Crippen molar-refractivity contribution in [3.63, 3.8) is 0 Å². The number of ether oxygens (including phenoxy) is 3. The van der Waals surface area contributed by atoms with E-state index in [-0.39, 0.29) is 25.9 Å². The zero-order valence-corrected chi connectivity index (χ0v) is 49.3. The number of aliphatic hydroxyl groups is 1. The first-order valence-electron chi connectivity index (χ1n) is 30.5. The number of phosphoric acid groups is 1. The molecule has 0 amide bonds. The molecular weight excluding hydrogens is 976 g/mol. The highest BCUT2D eigenvalue weighted by molar-refractivity contribution is 7.47. The summed E-state index contributed by atoms with van der Waals surface area (Å²) in [6, 6.07) is 0. The van der Waals surface area contributed by atoms with Gasteiger partial charge in [-0.1, -0.05) is 241 Å². The second-order valence-electron chi connectivity index (χ2n) is 20.1. The summed E-state index contributed by atoms with van der Waals surface area (Å²) in [7, 11) is -4.76. The lowest BCUT2D eigenvalue weighted by Gasteiger charge is -2.21. The van der Waals surface area contributed by atoms with Crippen LogP contribution in [0, 0.1) is 0 Å². The van der Waals surface area contributed by atoms with Gasteiger partial charge in [-0.2, -0.15) is 0 Å². The smallest absolute Gasteiger partial charge is 0.462 e. The molecule has 0 saturated carbocycles. The first-order valence-corrected chi connectivity index (χ1v) is 32.0. The summed E-state index contributed by atoms with van der Waals surface area (Å²) in [6.45, 7) is 4.39. The largest absolute Gasteiger partial charge is 0.472 e. The molecule has 12 heteroatoms. The van der Waals surface area contributed by atoms with Crippen molar-refractivity contribution in [1.29, 1.82) is 0 Å². The summed E-state index contributed by atoms with van der Waals surface area (Å²) >= 11 is 0. The molecule has 0 spiro atoms. The summed E-state index contributed by atoms with van der Waals surface area (Å²) in [6.07, 6.45) is 66.8. The van der Waals surface area contributed by atoms with E-state index in [1.807, 2.05) is 0 Å². The van der Waals surface area contributed by atoms with Crippen molar-refractivity contribution in [3.8, 4) is 0 Å². The van der Waals surface area contributed by atoms with Crippen LogP contribution in [0.1, 0.15) is 265 Å². The molecule has 0 aliphatic heterocycles. The average molecular weight is 1090 g/mol. The van der Waals surface area contributed by atoms with Gasteiger partial charge in [0.1, 0.15) is 12.7 Å². The van der Waals surface area contributed by atoms with Crippen molar-refractivity contribution < 1.29 is 52.2 Å². The number of hydrogen-bond donors (Lipinski definition) is 2. The van der Waals surface area contributed by atoms with E-state index in [0.29, 0.717) is 19.3 Å². The third-order valence-electron chi connectivity index (χ3n) is 12.8. The van der Waals surface area contributed by atoms with Gasteiger partial charge in [0.2, 0.25) is 0 Å². The third kappa shape index (κ3) is 55.4. The van der Waals surface area contributed by atoms with Gasteiger partial charge in [0, 0.05) is 19.3 Å². The van der Waals surface area contributed by atoms with Crippen LogP contribution in [0.3, 0.4) is 0 Å². The van der Waals surface area contributed by atoms with Crippen molar-refractivity contribution in [2.24, 2.45) is 0 Å². The lowest BCUT2D eigenvalue weighted by Crippen LogP contribution is -2.30. The first-order chi connectivity index (χ1) is 37.2. The monoisotopic (exact) mass is 1090 g/mol. The molecule has 0 heterocycles. The van der Waals surface area contributed by atoms with Gasteiger partial charge < -0.3 is 24.2 Å². The minimum absolute atomic E-state index is 0.139. The molecule has 76 heavy (non-hydrogen) atoms. The zero-order valence-electron chi connectivity index (χ0n) is 48.5. The standard InChI is InChI=1S/C64H111O11P/c1-4-7-10-13-16-19-22-25-27-29-30-32-33-36-38-41-44-47-50-53-62(66)71-57-61(75-64(68)55-52-49-46-43-40-37-34-31-28-26-23-20-17-14-11-8-5-2)59-73-76(69,70)72-58-60(56-65)74-63(67)54-51-48-45-42-39-35-24-21-18-15-12-9-6-3/h7,9-10,12,16,18-19,21,25,27,30,32,35,39,60-61,65H,4-6,8,11,13-15,17,20,22-24,26,28-29,31,33-34,36-38,40-59H2,1-3H3,(H,69,70)/b10-7-,12-9-,19-16-,21-18-,27-25-,32-30-,39-35-. The van der Waals surface area contributed by atoms with Gasteiger partial charge in [-0.25, -0.2) is 4.57 Å². The summed E-state index contributed by atoms with van der Waals surface area (Å²) < 4.78 is 39.6. The Morgan fingerprint density at radius 1 is 0.382 bits per heavy atom. The summed E-state index contributed by atoms with van der Waals surface area (Å²) in [5.74, 6) is -1.50. The number of unbranched alkanes of at least 4 members (excludes halogenated alkanes) is 25. The SMILES string of the molecule is CC/C=C\C/C=C\C/C=C\C/C=C\CCCCCCCCC(=O)OCC(COP(=O)(O)OCC(CO)OC(=O)CCCCC/C=C\C/C=C\C/C=C\CC)OC(=O)CCCCCCCCCCCCCCCCCCC. The van der Waals surface area contributed by atoms with Gasteiger partial charge in [0.15, 0.2) is 6.10 Å². The Labute approximate surface area is 464 Å². The highest BCUT2D eigenvalue weighted by Gasteiger charge is 2.28. The predicted molar refractivity (Wildman–Crippen MR) is 316 cm³/mol. The average Bonchev–Trinajstić information content (AvgIpc) is 3.41. The van der Waals surface area contributed by atoms with Gasteiger partial charge in [-0.3, -0.25) is 23.4 Å². The first kappa shape index (κ1) is 72.7. The molecule has 0 bridgehead atoms. The fraction of sp³-hybridized carbons (Fsp3) is 0.734. The number of carbonyl (C=O) groups excluding carboxylic acids is 3. The van der Waals surface area contributed by atoms with E-state index in [9.17, 15) is 28.9 Å². The van der Waals surface area contributed by atoms with Crippen LogP contribution < -0.4 is 0 Å². The van der Waals surface area contributed by atoms with E-state index in [1.54, 1.807) is 0 Å². The molecule has 438 valence electrons. The van der Waals surface area contributed by atoms with E-state index in [4.69, 9.17) is 23.3 Å². The van der Waals surface area contributed by atoms with E-state index < -0.39 is 57.8 Å². The normalized spacial score (nSPS) is 13.9. The summed E-state index contributed by atoms with van der Waals surface area (Å²) in [4.78, 5) is 48.6. The fourth-order valence-electron chi connectivity index (χ4n) is 8.25. The number of esters is 3. The van der Waals surface area contributed by atoms with Crippen LogP contribution in [0.2, 0.25) is 0 Å². The Bertz CT molecular complexity index is 1600. The highest BCUT2D eigenvalue weighted by Crippen LogP contribution is 2.43. The lowest BCUT2D eigenvalue weighted by molar-refractivity contribution is -0.161. The number of allylic oxidation sites excluding steroid dienone is 14. The van der Waals surface area contributed by atoms with Gasteiger partial charge in [-0.15, -0.1) is 0 Å². The molecular formula is C64H111O11P. The molecule has 0 aromatic heterocycles. The van der Waals surface area contributed by atoms with Crippen LogP contribution in [-0.2, 0) is 42.2 Å². The summed E-state index contributed by atoms with van der Waals surface area (Å²) in [5.41, 5.74) is 0. The van der Waals surface area contributed by atoms with Gasteiger partial charge >= 0.3 is 25.7 Å². The van der Waals surface area contributed by atoms with Crippen LogP contribution in [-0.4, -0.2) is 66.5 Å². The molecule has 2 N–H and O–H groups in total. The number of carbonyl (C=O) groups is 3. The third-order valence-corrected chi connectivity index (χ3v) is 13.8. The number of phosphoric ester groups is 1.